The molecule has 7 nitrogen and oxygen atoms in total. The largest absolute Gasteiger partial charge is 0.379 e. The Morgan fingerprint density at radius 2 is 1.79 bits per heavy atom. The zero-order valence-electron chi connectivity index (χ0n) is 18.4. The van der Waals surface area contributed by atoms with Crippen molar-refractivity contribution in [3.05, 3.63) is 0 Å². The van der Waals surface area contributed by atoms with E-state index >= 15 is 0 Å². The van der Waals surface area contributed by atoms with Crippen LogP contribution in [0.3, 0.4) is 0 Å². The van der Waals surface area contributed by atoms with Crippen LogP contribution in [-0.4, -0.2) is 86.2 Å². The number of aliphatic imine (C=N–C) groups is 1. The molecule has 0 aromatic carbocycles. The molecule has 168 valence electrons. The van der Waals surface area contributed by atoms with Crippen LogP contribution in [0.5, 0.6) is 0 Å². The van der Waals surface area contributed by atoms with Gasteiger partial charge in [-0.1, -0.05) is 19.3 Å². The van der Waals surface area contributed by atoms with Crippen molar-refractivity contribution in [2.75, 3.05) is 53.0 Å². The minimum Gasteiger partial charge on any atom is -0.379 e. The van der Waals surface area contributed by atoms with Gasteiger partial charge < -0.3 is 20.3 Å². The van der Waals surface area contributed by atoms with Gasteiger partial charge in [0.2, 0.25) is 5.91 Å². The molecule has 3 aliphatic rings. The lowest BCUT2D eigenvalue weighted by molar-refractivity contribution is -0.135. The van der Waals surface area contributed by atoms with Crippen molar-refractivity contribution in [2.45, 2.75) is 64.0 Å². The van der Waals surface area contributed by atoms with Gasteiger partial charge in [0.1, 0.15) is 0 Å². The number of carbonyl (C=O) groups is 1. The Morgan fingerprint density at radius 3 is 2.45 bits per heavy atom. The van der Waals surface area contributed by atoms with E-state index in [2.05, 4.69) is 39.3 Å². The topological polar surface area (TPSA) is 69.2 Å². The van der Waals surface area contributed by atoms with E-state index in [1.165, 1.54) is 19.3 Å². The van der Waals surface area contributed by atoms with Crippen molar-refractivity contribution in [3.8, 4) is 0 Å². The molecule has 3 rings (SSSR count). The summed E-state index contributed by atoms with van der Waals surface area (Å²) in [5, 5.41) is 7.02. The van der Waals surface area contributed by atoms with Crippen LogP contribution in [0, 0.1) is 5.92 Å². The molecule has 0 aromatic rings. The summed E-state index contributed by atoms with van der Waals surface area (Å²) < 4.78 is 5.47. The Hall–Kier alpha value is -0.610. The van der Waals surface area contributed by atoms with Gasteiger partial charge >= 0.3 is 0 Å². The third-order valence-corrected chi connectivity index (χ3v) is 6.57. The van der Waals surface area contributed by atoms with E-state index in [0.717, 1.165) is 71.2 Å². The van der Waals surface area contributed by atoms with Gasteiger partial charge in [-0.25, -0.2) is 0 Å². The molecule has 1 aliphatic carbocycles. The second-order valence-electron chi connectivity index (χ2n) is 9.09. The summed E-state index contributed by atoms with van der Waals surface area (Å²) in [5.74, 6) is 1.47. The summed E-state index contributed by atoms with van der Waals surface area (Å²) in [6.07, 6.45) is 6.85. The van der Waals surface area contributed by atoms with E-state index in [4.69, 9.17) is 4.74 Å². The van der Waals surface area contributed by atoms with Crippen LogP contribution in [0.1, 0.15) is 52.4 Å². The maximum absolute atomic E-state index is 12.8. The normalized spacial score (nSPS) is 24.9. The van der Waals surface area contributed by atoms with E-state index in [1.54, 1.807) is 0 Å². The molecule has 0 spiro atoms. The molecular weight excluding hydrogens is 481 g/mol. The quantitative estimate of drug-likeness (QED) is 0.330. The summed E-state index contributed by atoms with van der Waals surface area (Å²) in [5.41, 5.74) is 0.0417. The number of nitrogens with one attached hydrogen (secondary N) is 2. The number of nitrogens with zero attached hydrogens (tertiary/aromatic N) is 3. The van der Waals surface area contributed by atoms with E-state index in [1.807, 2.05) is 7.05 Å². The number of carbonyl (C=O) groups excluding carboxylic acids is 1. The maximum atomic E-state index is 12.8. The fourth-order valence-electron chi connectivity index (χ4n) is 4.65. The van der Waals surface area contributed by atoms with Crippen molar-refractivity contribution in [2.24, 2.45) is 10.9 Å². The fourth-order valence-corrected chi connectivity index (χ4v) is 4.65. The molecule has 29 heavy (non-hydrogen) atoms. The van der Waals surface area contributed by atoms with Crippen LogP contribution in [0.2, 0.25) is 0 Å². The van der Waals surface area contributed by atoms with Crippen LogP contribution in [-0.2, 0) is 9.53 Å². The highest BCUT2D eigenvalue weighted by Crippen LogP contribution is 2.26. The number of ether oxygens (including phenoxy) is 1. The van der Waals surface area contributed by atoms with Gasteiger partial charge in [0.05, 0.1) is 13.2 Å². The van der Waals surface area contributed by atoms with Crippen molar-refractivity contribution < 1.29 is 9.53 Å². The van der Waals surface area contributed by atoms with E-state index in [9.17, 15) is 4.79 Å². The average molecular weight is 521 g/mol. The van der Waals surface area contributed by atoms with Gasteiger partial charge in [0.25, 0.3) is 0 Å². The first-order valence-corrected chi connectivity index (χ1v) is 11.1. The molecule has 2 heterocycles. The summed E-state index contributed by atoms with van der Waals surface area (Å²) in [6, 6.07) is 0.283. The molecule has 0 radical (unpaired) electrons. The Morgan fingerprint density at radius 1 is 1.10 bits per heavy atom. The molecule has 0 bridgehead atoms. The minimum atomic E-state index is 0. The molecule has 3 fully saturated rings. The smallest absolute Gasteiger partial charge is 0.225 e. The number of likely N-dealkylation sites (tertiary alicyclic amines) is 1. The van der Waals surface area contributed by atoms with Crippen LogP contribution in [0.15, 0.2) is 4.99 Å². The number of halogens is 1. The molecular formula is C21H40IN5O2. The summed E-state index contributed by atoms with van der Waals surface area (Å²) in [6.45, 7) is 10.6. The maximum Gasteiger partial charge on any atom is 0.225 e. The summed E-state index contributed by atoms with van der Waals surface area (Å²) in [4.78, 5) is 21.7. The number of rotatable bonds is 5. The van der Waals surface area contributed by atoms with Crippen molar-refractivity contribution in [1.29, 1.82) is 0 Å². The Bertz CT molecular complexity index is 545. The molecule has 1 amide bonds. The van der Waals surface area contributed by atoms with Crippen LogP contribution >= 0.6 is 24.0 Å². The Kier molecular flexibility index (Phi) is 9.94. The summed E-state index contributed by atoms with van der Waals surface area (Å²) >= 11 is 0. The zero-order valence-corrected chi connectivity index (χ0v) is 20.7. The van der Waals surface area contributed by atoms with Gasteiger partial charge in [0.15, 0.2) is 5.96 Å². The molecule has 2 aliphatic heterocycles. The highest BCUT2D eigenvalue weighted by atomic mass is 127. The lowest BCUT2D eigenvalue weighted by Crippen LogP contribution is -2.57. The predicted octanol–water partition coefficient (Wildman–Crippen LogP) is 2.06. The molecule has 2 N–H and O–H groups in total. The molecule has 1 saturated carbocycles. The first-order chi connectivity index (χ1) is 13.5. The third kappa shape index (κ3) is 6.95. The first-order valence-electron chi connectivity index (χ1n) is 11.1. The Labute approximate surface area is 193 Å². The molecule has 1 unspecified atom stereocenters. The van der Waals surface area contributed by atoms with Crippen molar-refractivity contribution >= 4 is 35.8 Å². The highest BCUT2D eigenvalue weighted by Gasteiger charge is 2.32. The van der Waals surface area contributed by atoms with E-state index in [0.29, 0.717) is 5.91 Å². The zero-order chi connectivity index (χ0) is 20.0. The van der Waals surface area contributed by atoms with E-state index in [-0.39, 0.29) is 41.5 Å². The minimum absolute atomic E-state index is 0. The van der Waals surface area contributed by atoms with Crippen molar-refractivity contribution in [3.63, 3.8) is 0 Å². The van der Waals surface area contributed by atoms with Crippen LogP contribution < -0.4 is 10.6 Å². The van der Waals surface area contributed by atoms with Gasteiger partial charge in [-0.2, -0.15) is 0 Å². The third-order valence-electron chi connectivity index (χ3n) is 6.57. The van der Waals surface area contributed by atoms with Crippen LogP contribution in [0.25, 0.3) is 0 Å². The standard InChI is InChI=1S/C21H39N5O2.HI/c1-21(2,26-11-13-28-14-12-26)16-23-20(22-3)24-18-9-10-25(15-18)19(27)17-7-5-4-6-8-17;/h17-18H,4-16H2,1-3H3,(H2,22,23,24);1H. The molecule has 1 atom stereocenters. The molecule has 2 saturated heterocycles. The highest BCUT2D eigenvalue weighted by molar-refractivity contribution is 14.0. The lowest BCUT2D eigenvalue weighted by Gasteiger charge is -2.41. The Balaban J connectivity index is 0.00000300. The molecule has 8 heteroatoms. The second-order valence-corrected chi connectivity index (χ2v) is 9.09. The average Bonchev–Trinajstić information content (AvgIpc) is 3.20. The fraction of sp³-hybridized carbons (Fsp3) is 0.905. The number of hydrogen-bond donors (Lipinski definition) is 2. The lowest BCUT2D eigenvalue weighted by atomic mass is 9.88. The van der Waals surface area contributed by atoms with Gasteiger partial charge in [-0.05, 0) is 33.1 Å². The SMILES string of the molecule is CN=C(NCC(C)(C)N1CCOCC1)NC1CCN(C(=O)C2CCCCC2)C1.I. The van der Waals surface area contributed by atoms with E-state index < -0.39 is 0 Å². The van der Waals surface area contributed by atoms with Gasteiger partial charge in [0, 0.05) is 57.3 Å². The first kappa shape index (κ1) is 24.7. The van der Waals surface area contributed by atoms with Gasteiger partial charge in [-0.15, -0.1) is 24.0 Å². The monoisotopic (exact) mass is 521 g/mol. The number of morpholine rings is 1. The summed E-state index contributed by atoms with van der Waals surface area (Å²) in [7, 11) is 1.82. The van der Waals surface area contributed by atoms with Crippen molar-refractivity contribution in [1.82, 2.24) is 20.4 Å². The number of guanidine groups is 1. The van der Waals surface area contributed by atoms with Gasteiger partial charge in [-0.3, -0.25) is 14.7 Å². The van der Waals surface area contributed by atoms with Crippen LogP contribution in [0.4, 0.5) is 0 Å². The second kappa shape index (κ2) is 11.7. The predicted molar refractivity (Wildman–Crippen MR) is 128 cm³/mol. The number of hydrogen-bond acceptors (Lipinski definition) is 4. The number of amides is 1. The molecule has 0 aromatic heterocycles.